The van der Waals surface area contributed by atoms with Crippen LogP contribution >= 0.6 is 0 Å². The number of aliphatic carboxylic acids is 1. The molecule has 0 saturated heterocycles. The quantitative estimate of drug-likeness (QED) is 0.0296. The molecule has 0 radical (unpaired) electrons. The topological polar surface area (TPSA) is 119 Å². The van der Waals surface area contributed by atoms with Crippen molar-refractivity contribution in [1.82, 2.24) is 4.72 Å². The molecule has 2 aromatic carbocycles. The zero-order valence-corrected chi connectivity index (χ0v) is 42.9. The number of hydrogen-bond acceptors (Lipinski definition) is 6. The van der Waals surface area contributed by atoms with E-state index in [1.807, 2.05) is 42.5 Å². The molecule has 364 valence electrons. The monoisotopic (exact) mass is 926 g/mol. The number of ether oxygens (including phenoxy) is 1. The lowest BCUT2D eigenvalue weighted by Crippen LogP contribution is -2.69. The summed E-state index contributed by atoms with van der Waals surface area (Å²) in [7, 11) is -7.04. The fourth-order valence-electron chi connectivity index (χ4n) is 8.74. The Morgan fingerprint density at radius 3 is 1.44 bits per heavy atom. The molecule has 8 nitrogen and oxygen atoms in total. The minimum Gasteiger partial charge on any atom is -0.481 e. The van der Waals surface area contributed by atoms with E-state index in [4.69, 9.17) is 9.16 Å². The molecule has 64 heavy (non-hydrogen) atoms. The van der Waals surface area contributed by atoms with Gasteiger partial charge in [-0.2, -0.15) is 0 Å². The Bertz CT molecular complexity index is 1570. The number of carbonyl (C=O) groups is 2. The Morgan fingerprint density at radius 1 is 0.625 bits per heavy atom. The minimum atomic E-state index is -3.83. The first-order valence-electron chi connectivity index (χ1n) is 25.7. The Kier molecular flexibility index (Phi) is 30.9. The highest BCUT2D eigenvalue weighted by Gasteiger charge is 2.52. The van der Waals surface area contributed by atoms with Crippen LogP contribution in [0.1, 0.15) is 214 Å². The lowest BCUT2D eigenvalue weighted by Gasteiger charge is -2.46. The van der Waals surface area contributed by atoms with E-state index in [9.17, 15) is 23.1 Å². The second-order valence-electron chi connectivity index (χ2n) is 19.2. The fraction of sp³-hybridized carbons (Fsp3) is 0.704. The molecule has 0 aromatic heterocycles. The molecule has 0 fully saturated rings. The number of sulfonamides is 1. The third kappa shape index (κ3) is 24.7. The van der Waals surface area contributed by atoms with Gasteiger partial charge in [0.25, 0.3) is 8.32 Å². The number of hydrogen-bond donors (Lipinski definition) is 2. The SMILES string of the molecule is CCCCCCCCCCCCC/C=C/[C@H](O[Si](c1ccccc1)(c1ccccc1)C(C)(C)C)[C@H](COC(=O)CCC(=O)O)NS(=O)(=O)CCCCCCCCCCCCCCCC. The largest absolute Gasteiger partial charge is 0.481 e. The van der Waals surface area contributed by atoms with Gasteiger partial charge in [0.1, 0.15) is 6.61 Å². The fourth-order valence-corrected chi connectivity index (χ4v) is 14.8. The minimum absolute atomic E-state index is 0.0388. The van der Waals surface area contributed by atoms with E-state index in [-0.39, 0.29) is 25.2 Å². The zero-order chi connectivity index (χ0) is 46.8. The second kappa shape index (κ2) is 34.5. The van der Waals surface area contributed by atoms with Gasteiger partial charge in [-0.1, -0.05) is 255 Å². The molecule has 0 bridgehead atoms. The third-order valence-electron chi connectivity index (χ3n) is 12.5. The zero-order valence-electron chi connectivity index (χ0n) is 41.1. The van der Waals surface area contributed by atoms with Crippen LogP contribution < -0.4 is 15.1 Å². The van der Waals surface area contributed by atoms with E-state index in [1.165, 1.54) is 122 Å². The van der Waals surface area contributed by atoms with Gasteiger partial charge in [-0.05, 0) is 34.7 Å². The number of unbranched alkanes of at least 4 members (excludes halogenated alkanes) is 24. The van der Waals surface area contributed by atoms with Crippen LogP contribution in [0.4, 0.5) is 0 Å². The van der Waals surface area contributed by atoms with Crippen molar-refractivity contribution < 1.29 is 32.3 Å². The van der Waals surface area contributed by atoms with Crippen LogP contribution in [0.2, 0.25) is 5.04 Å². The van der Waals surface area contributed by atoms with Crippen LogP contribution in [0, 0.1) is 0 Å². The first kappa shape index (κ1) is 57.3. The van der Waals surface area contributed by atoms with Crippen molar-refractivity contribution >= 4 is 40.7 Å². The standard InChI is InChI=1S/C54H91NO7SSi/c1-6-8-10-12-14-16-18-20-22-24-26-28-30-38-46-63(59,60)55-50(47-61-53(58)45-44-52(56)57)51(43-37-29-27-25-23-21-19-17-15-13-11-9-7-2)62-64(54(3,4)5,48-39-33-31-34-40-48)49-41-35-32-36-42-49/h31-37,39-43,50-51,55H,6-30,38,44-47H2,1-5H3,(H,56,57)/b43-37+/t50-,51-/m0/s1. The van der Waals surface area contributed by atoms with Crippen molar-refractivity contribution in [2.24, 2.45) is 0 Å². The summed E-state index contributed by atoms with van der Waals surface area (Å²) in [5.41, 5.74) is 0. The van der Waals surface area contributed by atoms with Crippen LogP contribution in [-0.4, -0.2) is 58.3 Å². The summed E-state index contributed by atoms with van der Waals surface area (Å²) in [5.74, 6) is -1.82. The number of allylic oxidation sites excluding steroid dienone is 1. The molecule has 2 rings (SSSR count). The molecular weight excluding hydrogens is 835 g/mol. The normalized spacial score (nSPS) is 13.3. The molecule has 0 aliphatic rings. The number of nitrogens with one attached hydrogen (secondary N) is 1. The van der Waals surface area contributed by atoms with Gasteiger partial charge in [0, 0.05) is 0 Å². The van der Waals surface area contributed by atoms with Crippen LogP contribution in [-0.2, 0) is 28.8 Å². The molecule has 0 heterocycles. The summed E-state index contributed by atoms with van der Waals surface area (Å²) in [5, 5.41) is 11.0. The Balaban J connectivity index is 2.29. The molecule has 0 amide bonds. The van der Waals surface area contributed by atoms with E-state index in [0.717, 1.165) is 48.9 Å². The number of benzene rings is 2. The maximum absolute atomic E-state index is 14.0. The van der Waals surface area contributed by atoms with Crippen molar-refractivity contribution in [3.63, 3.8) is 0 Å². The van der Waals surface area contributed by atoms with Crippen molar-refractivity contribution in [3.05, 3.63) is 72.8 Å². The van der Waals surface area contributed by atoms with Gasteiger partial charge < -0.3 is 14.3 Å². The molecule has 2 atom stereocenters. The molecule has 2 N–H and O–H groups in total. The van der Waals surface area contributed by atoms with Crippen LogP contribution in [0.15, 0.2) is 72.8 Å². The summed E-state index contributed by atoms with van der Waals surface area (Å²) < 4.78 is 44.3. The van der Waals surface area contributed by atoms with Gasteiger partial charge in [-0.15, -0.1) is 0 Å². The predicted molar refractivity (Wildman–Crippen MR) is 272 cm³/mol. The third-order valence-corrected chi connectivity index (χ3v) is 19.0. The number of carbonyl (C=O) groups excluding carboxylic acids is 1. The van der Waals surface area contributed by atoms with Crippen LogP contribution in [0.5, 0.6) is 0 Å². The summed E-state index contributed by atoms with van der Waals surface area (Å²) in [4.78, 5) is 24.2. The summed E-state index contributed by atoms with van der Waals surface area (Å²) >= 11 is 0. The molecule has 0 saturated carbocycles. The highest BCUT2D eigenvalue weighted by molar-refractivity contribution is 7.89. The van der Waals surface area contributed by atoms with Crippen molar-refractivity contribution in [2.45, 2.75) is 232 Å². The van der Waals surface area contributed by atoms with Crippen LogP contribution in [0.25, 0.3) is 0 Å². The second-order valence-corrected chi connectivity index (χ2v) is 25.3. The predicted octanol–water partition coefficient (Wildman–Crippen LogP) is 13.4. The number of esters is 1. The van der Waals surface area contributed by atoms with E-state index < -0.39 is 47.5 Å². The van der Waals surface area contributed by atoms with Gasteiger partial charge in [-0.3, -0.25) is 9.59 Å². The molecule has 0 aliphatic heterocycles. The Morgan fingerprint density at radius 2 is 1.03 bits per heavy atom. The summed E-state index contributed by atoms with van der Waals surface area (Å²) in [6, 6.07) is 19.6. The Hall–Kier alpha value is -2.79. The first-order valence-corrected chi connectivity index (χ1v) is 29.2. The number of rotatable bonds is 40. The molecule has 10 heteroatoms. The molecule has 2 aromatic rings. The molecule has 0 spiro atoms. The van der Waals surface area contributed by atoms with Gasteiger partial charge in [0.15, 0.2) is 0 Å². The maximum atomic E-state index is 14.0. The lowest BCUT2D eigenvalue weighted by atomic mass is 10.0. The molecule has 0 aliphatic carbocycles. The highest BCUT2D eigenvalue weighted by Crippen LogP contribution is 2.38. The van der Waals surface area contributed by atoms with Gasteiger partial charge in [0.2, 0.25) is 10.0 Å². The molecule has 0 unspecified atom stereocenters. The van der Waals surface area contributed by atoms with Crippen molar-refractivity contribution in [3.8, 4) is 0 Å². The van der Waals surface area contributed by atoms with Gasteiger partial charge in [-0.25, -0.2) is 13.1 Å². The highest BCUT2D eigenvalue weighted by atomic mass is 32.2. The van der Waals surface area contributed by atoms with Gasteiger partial charge in [0.05, 0.1) is 30.7 Å². The van der Waals surface area contributed by atoms with Crippen molar-refractivity contribution in [1.29, 1.82) is 0 Å². The van der Waals surface area contributed by atoms with E-state index in [2.05, 4.69) is 69.7 Å². The average molecular weight is 926 g/mol. The maximum Gasteiger partial charge on any atom is 0.306 e. The lowest BCUT2D eigenvalue weighted by molar-refractivity contribution is -0.148. The van der Waals surface area contributed by atoms with Gasteiger partial charge >= 0.3 is 11.9 Å². The van der Waals surface area contributed by atoms with E-state index in [1.54, 1.807) is 0 Å². The van der Waals surface area contributed by atoms with E-state index >= 15 is 0 Å². The smallest absolute Gasteiger partial charge is 0.306 e. The molecular formula is C54H91NO7SSi. The summed E-state index contributed by atoms with van der Waals surface area (Å²) in [6.45, 7) is 10.8. The number of carboxylic acid groups (broad SMARTS) is 1. The van der Waals surface area contributed by atoms with E-state index in [0.29, 0.717) is 6.42 Å². The number of carboxylic acids is 1. The Labute approximate surface area is 392 Å². The van der Waals surface area contributed by atoms with Crippen LogP contribution in [0.3, 0.4) is 0 Å². The first-order chi connectivity index (χ1) is 30.9. The average Bonchev–Trinajstić information content (AvgIpc) is 3.27. The summed E-state index contributed by atoms with van der Waals surface area (Å²) in [6.07, 6.45) is 33.7. The van der Waals surface area contributed by atoms with Crippen molar-refractivity contribution in [2.75, 3.05) is 12.4 Å².